The van der Waals surface area contributed by atoms with Crippen LogP contribution in [0.2, 0.25) is 0 Å². The van der Waals surface area contributed by atoms with E-state index in [1.807, 2.05) is 25.1 Å². The van der Waals surface area contributed by atoms with E-state index < -0.39 is 29.4 Å². The molecule has 0 aromatic heterocycles. The predicted molar refractivity (Wildman–Crippen MR) is 276 cm³/mol. The molecule has 1 unspecified atom stereocenters. The van der Waals surface area contributed by atoms with E-state index in [9.17, 15) is 29.1 Å². The number of aromatic hydroxyl groups is 1. The number of phenols is 1. The largest absolute Gasteiger partial charge is 0.506 e. The Morgan fingerprint density at radius 2 is 1.33 bits per heavy atom. The standard InChI is InChI=1S/C57H70N4O9/c1-6-8-10-12-13-14-15-16-17-26-36-68-49-35-34-41(3)37-47(49)58-54(65)46-38-50(43-29-22-23-30-44(43)53(46)64)70-55(66)45-31-24-25-32-48(45)59(5)56(67)60-51(62)39-57(4,61(60)42-27-19-18-20-28-42)40-69-52(63)33-21-11-9-7-2/h18-20,22-25,27-32,34-35,37-38,64H,6-17,21,26,33,36,39-40H2,1-5H3,(H,58,65). The molecule has 1 aliphatic heterocycles. The van der Waals surface area contributed by atoms with Crippen molar-refractivity contribution in [2.45, 2.75) is 136 Å². The number of phenolic OH excluding ortho intramolecular Hbond substituents is 1. The number of carbonyl (C=O) groups excluding carboxylic acids is 5. The number of esters is 2. The van der Waals surface area contributed by atoms with Gasteiger partial charge in [0.05, 0.1) is 41.2 Å². The number of para-hydroxylation sites is 2. The van der Waals surface area contributed by atoms with Gasteiger partial charge in [0.25, 0.3) is 11.8 Å². The number of unbranched alkanes of at least 4 members (excludes halogenated alkanes) is 12. The minimum atomic E-state index is -1.11. The van der Waals surface area contributed by atoms with Crippen molar-refractivity contribution in [2.24, 2.45) is 0 Å². The number of anilines is 3. The van der Waals surface area contributed by atoms with Gasteiger partial charge in [-0.15, -0.1) is 0 Å². The van der Waals surface area contributed by atoms with Gasteiger partial charge in [-0.2, -0.15) is 5.01 Å². The smallest absolute Gasteiger partial charge is 0.350 e. The van der Waals surface area contributed by atoms with E-state index in [4.69, 9.17) is 14.2 Å². The van der Waals surface area contributed by atoms with Crippen molar-refractivity contribution in [1.29, 1.82) is 0 Å². The number of hydrazine groups is 1. The minimum absolute atomic E-state index is 0.00495. The predicted octanol–water partition coefficient (Wildman–Crippen LogP) is 13.1. The fourth-order valence-corrected chi connectivity index (χ4v) is 8.89. The van der Waals surface area contributed by atoms with E-state index in [1.54, 1.807) is 84.7 Å². The summed E-state index contributed by atoms with van der Waals surface area (Å²) in [6, 6.07) is 28.1. The van der Waals surface area contributed by atoms with Crippen molar-refractivity contribution >= 4 is 57.6 Å². The Morgan fingerprint density at radius 1 is 0.714 bits per heavy atom. The van der Waals surface area contributed by atoms with Gasteiger partial charge >= 0.3 is 18.0 Å². The number of amides is 4. The lowest BCUT2D eigenvalue weighted by Crippen LogP contribution is -2.56. The maximum absolute atomic E-state index is 14.6. The second-order valence-corrected chi connectivity index (χ2v) is 18.5. The van der Waals surface area contributed by atoms with E-state index in [-0.39, 0.29) is 59.1 Å². The summed E-state index contributed by atoms with van der Waals surface area (Å²) in [6.45, 7) is 8.35. The number of carbonyl (C=O) groups is 5. The summed E-state index contributed by atoms with van der Waals surface area (Å²) in [7, 11) is 1.45. The summed E-state index contributed by atoms with van der Waals surface area (Å²) in [4.78, 5) is 71.1. The SMILES string of the molecule is CCCCCCCCCCCCOc1ccc(C)cc1NC(=O)c1cc(OC(=O)c2ccccc2N(C)C(=O)N2C(=O)CC(C)(COC(=O)CCCCCC)N2c2ccccc2)c2ccccc2c1O. The molecule has 0 saturated carbocycles. The van der Waals surface area contributed by atoms with Gasteiger partial charge in [-0.1, -0.05) is 152 Å². The molecule has 13 nitrogen and oxygen atoms in total. The highest BCUT2D eigenvalue weighted by Crippen LogP contribution is 2.40. The first-order valence-electron chi connectivity index (χ1n) is 25.1. The molecule has 0 spiro atoms. The molecule has 6 rings (SSSR count). The van der Waals surface area contributed by atoms with Crippen molar-refractivity contribution in [3.05, 3.63) is 120 Å². The first-order valence-corrected chi connectivity index (χ1v) is 25.1. The first kappa shape index (κ1) is 52.5. The highest BCUT2D eigenvalue weighted by molar-refractivity contribution is 6.13. The van der Waals surface area contributed by atoms with E-state index in [2.05, 4.69) is 19.2 Å². The highest BCUT2D eigenvalue weighted by atomic mass is 16.5. The number of rotatable bonds is 25. The summed E-state index contributed by atoms with van der Waals surface area (Å²) in [5.74, 6) is -2.21. The number of ether oxygens (including phenoxy) is 3. The van der Waals surface area contributed by atoms with Crippen molar-refractivity contribution in [3.63, 3.8) is 0 Å². The Bertz CT molecular complexity index is 2580. The van der Waals surface area contributed by atoms with Crippen LogP contribution in [0.4, 0.5) is 21.9 Å². The molecule has 4 amide bonds. The van der Waals surface area contributed by atoms with Crippen LogP contribution in [-0.2, 0) is 14.3 Å². The molecule has 1 heterocycles. The molecule has 1 atom stereocenters. The Morgan fingerprint density at radius 3 is 2.03 bits per heavy atom. The molecule has 1 fully saturated rings. The normalized spacial score (nSPS) is 14.4. The topological polar surface area (TPSA) is 155 Å². The van der Waals surface area contributed by atoms with Crippen LogP contribution in [0.1, 0.15) is 150 Å². The zero-order valence-electron chi connectivity index (χ0n) is 41.6. The van der Waals surface area contributed by atoms with Gasteiger partial charge in [-0.05, 0) is 74.7 Å². The highest BCUT2D eigenvalue weighted by Gasteiger charge is 2.52. The number of nitrogens with zero attached hydrogens (tertiary/aromatic N) is 3. The lowest BCUT2D eigenvalue weighted by Gasteiger charge is -2.40. The Hall–Kier alpha value is -6.89. The number of imide groups is 1. The third-order valence-electron chi connectivity index (χ3n) is 12.8. The minimum Gasteiger partial charge on any atom is -0.506 e. The molecule has 372 valence electrons. The van der Waals surface area contributed by atoms with Crippen LogP contribution in [0.5, 0.6) is 17.2 Å². The average molecular weight is 955 g/mol. The molecule has 0 radical (unpaired) electrons. The number of aryl methyl sites for hydroxylation is 1. The molecule has 1 aliphatic rings. The molecule has 70 heavy (non-hydrogen) atoms. The van der Waals surface area contributed by atoms with Gasteiger partial charge in [-0.3, -0.25) is 24.3 Å². The van der Waals surface area contributed by atoms with Gasteiger partial charge in [0.1, 0.15) is 29.4 Å². The van der Waals surface area contributed by atoms with Crippen LogP contribution in [0.3, 0.4) is 0 Å². The van der Waals surface area contributed by atoms with Gasteiger partial charge in [0, 0.05) is 24.2 Å². The molecule has 13 heteroatoms. The van der Waals surface area contributed by atoms with Gasteiger partial charge in [-0.25, -0.2) is 9.59 Å². The van der Waals surface area contributed by atoms with Crippen molar-refractivity contribution < 1.29 is 43.3 Å². The van der Waals surface area contributed by atoms with E-state index in [1.165, 1.54) is 69.0 Å². The van der Waals surface area contributed by atoms with Gasteiger partial charge < -0.3 is 24.6 Å². The van der Waals surface area contributed by atoms with Crippen LogP contribution in [0.25, 0.3) is 10.8 Å². The molecule has 5 aromatic carbocycles. The van der Waals surface area contributed by atoms with E-state index in [0.717, 1.165) is 49.1 Å². The van der Waals surface area contributed by atoms with Crippen LogP contribution in [0, 0.1) is 6.92 Å². The summed E-state index contributed by atoms with van der Waals surface area (Å²) in [5.41, 5.74) is 0.731. The summed E-state index contributed by atoms with van der Waals surface area (Å²) in [6.07, 6.45) is 15.8. The van der Waals surface area contributed by atoms with Crippen molar-refractivity contribution in [3.8, 4) is 17.2 Å². The Labute approximate surface area is 413 Å². The monoisotopic (exact) mass is 955 g/mol. The Balaban J connectivity index is 1.18. The molecule has 0 bridgehead atoms. The quantitative estimate of drug-likeness (QED) is 0.0328. The van der Waals surface area contributed by atoms with Crippen molar-refractivity contribution in [1.82, 2.24) is 5.01 Å². The lowest BCUT2D eigenvalue weighted by atomic mass is 9.99. The molecule has 2 N–H and O–H groups in total. The van der Waals surface area contributed by atoms with E-state index in [0.29, 0.717) is 35.5 Å². The molecular weight excluding hydrogens is 885 g/mol. The third kappa shape index (κ3) is 13.5. The second-order valence-electron chi connectivity index (χ2n) is 18.5. The first-order chi connectivity index (χ1) is 33.9. The van der Waals surface area contributed by atoms with Crippen LogP contribution in [0.15, 0.2) is 103 Å². The second kappa shape index (κ2) is 25.6. The number of nitrogens with one attached hydrogen (secondary N) is 1. The van der Waals surface area contributed by atoms with E-state index >= 15 is 0 Å². The Kier molecular flexibility index (Phi) is 19.2. The summed E-state index contributed by atoms with van der Waals surface area (Å²) >= 11 is 0. The summed E-state index contributed by atoms with van der Waals surface area (Å²) in [5, 5.41) is 17.7. The number of fused-ring (bicyclic) bond motifs is 1. The number of hydrogen-bond donors (Lipinski definition) is 2. The zero-order chi connectivity index (χ0) is 50.0. The third-order valence-corrected chi connectivity index (χ3v) is 12.8. The molecule has 1 saturated heterocycles. The maximum atomic E-state index is 14.6. The van der Waals surface area contributed by atoms with Crippen LogP contribution < -0.4 is 24.7 Å². The number of benzene rings is 5. The lowest BCUT2D eigenvalue weighted by molar-refractivity contribution is -0.145. The fourth-order valence-electron chi connectivity index (χ4n) is 8.89. The van der Waals surface area contributed by atoms with Gasteiger partial charge in [0.15, 0.2) is 0 Å². The fraction of sp³-hybridized carbons (Fsp3) is 0.421. The van der Waals surface area contributed by atoms with Crippen LogP contribution in [-0.4, -0.2) is 65.7 Å². The van der Waals surface area contributed by atoms with Gasteiger partial charge in [0.2, 0.25) is 0 Å². The zero-order valence-corrected chi connectivity index (χ0v) is 41.6. The number of hydrogen-bond acceptors (Lipinski definition) is 10. The molecule has 0 aliphatic carbocycles. The molecule has 5 aromatic rings. The summed E-state index contributed by atoms with van der Waals surface area (Å²) < 4.78 is 18.0. The maximum Gasteiger partial charge on any atom is 0.350 e. The molecular formula is C57H70N4O9. The number of urea groups is 1. The van der Waals surface area contributed by atoms with Crippen molar-refractivity contribution in [2.75, 3.05) is 35.5 Å². The van der Waals surface area contributed by atoms with Crippen LogP contribution >= 0.6 is 0 Å². The average Bonchev–Trinajstić information content (AvgIpc) is 3.64.